The Labute approximate surface area is 147 Å². The summed E-state index contributed by atoms with van der Waals surface area (Å²) in [4.78, 5) is 10.9. The van der Waals surface area contributed by atoms with Crippen molar-refractivity contribution >= 4 is 5.95 Å². The Morgan fingerprint density at radius 1 is 1.24 bits per heavy atom. The molecule has 0 unspecified atom stereocenters. The third kappa shape index (κ3) is 4.33. The van der Waals surface area contributed by atoms with Gasteiger partial charge in [-0.1, -0.05) is 6.07 Å². The quantitative estimate of drug-likeness (QED) is 0.713. The molecule has 7 heteroatoms. The Morgan fingerprint density at radius 2 is 2.12 bits per heavy atom. The van der Waals surface area contributed by atoms with Gasteiger partial charge in [-0.15, -0.1) is 0 Å². The first-order valence-electron chi connectivity index (χ1n) is 8.07. The average molecular weight is 338 g/mol. The van der Waals surface area contributed by atoms with Crippen molar-refractivity contribution < 1.29 is 4.74 Å². The van der Waals surface area contributed by atoms with Gasteiger partial charge in [0.25, 0.3) is 0 Å². The Bertz CT molecular complexity index is 830. The molecule has 7 nitrogen and oxygen atoms in total. The van der Waals surface area contributed by atoms with Crippen molar-refractivity contribution in [3.63, 3.8) is 0 Å². The number of hydrogen-bond donors (Lipinski definition) is 1. The van der Waals surface area contributed by atoms with E-state index in [1.54, 1.807) is 24.2 Å². The maximum absolute atomic E-state index is 5.26. The molecule has 0 atom stereocenters. The van der Waals surface area contributed by atoms with Crippen LogP contribution < -0.4 is 10.1 Å². The molecule has 3 aromatic rings. The van der Waals surface area contributed by atoms with Crippen LogP contribution in [0, 0.1) is 0 Å². The highest BCUT2D eigenvalue weighted by Crippen LogP contribution is 2.21. The standard InChI is InChI=1S/C18H22N6O/c1-23(2)10-9-20-18-19-8-7-17(22-18)14-12-21-24(13-14)15-5-4-6-16(11-15)25-3/h4-8,11-13H,9-10H2,1-3H3,(H,19,20,22). The lowest BCUT2D eigenvalue weighted by atomic mass is 10.2. The van der Waals surface area contributed by atoms with Gasteiger partial charge in [0.1, 0.15) is 5.75 Å². The molecule has 0 bridgehead atoms. The molecule has 0 fully saturated rings. The molecule has 3 rings (SSSR count). The van der Waals surface area contributed by atoms with Gasteiger partial charge < -0.3 is 15.0 Å². The van der Waals surface area contributed by atoms with Gasteiger partial charge in [0.15, 0.2) is 0 Å². The topological polar surface area (TPSA) is 68.1 Å². The summed E-state index contributed by atoms with van der Waals surface area (Å²) >= 11 is 0. The summed E-state index contributed by atoms with van der Waals surface area (Å²) in [5.74, 6) is 1.41. The minimum atomic E-state index is 0.619. The molecule has 0 aliphatic rings. The second-order valence-electron chi connectivity index (χ2n) is 5.87. The van der Waals surface area contributed by atoms with Crippen molar-refractivity contribution in [1.82, 2.24) is 24.6 Å². The first-order chi connectivity index (χ1) is 12.2. The molecule has 0 spiro atoms. The van der Waals surface area contributed by atoms with Crippen LogP contribution in [-0.4, -0.2) is 58.9 Å². The molecule has 130 valence electrons. The van der Waals surface area contributed by atoms with Crippen LogP contribution in [0.3, 0.4) is 0 Å². The maximum Gasteiger partial charge on any atom is 0.223 e. The van der Waals surface area contributed by atoms with Crippen LogP contribution in [0.4, 0.5) is 5.95 Å². The lowest BCUT2D eigenvalue weighted by Gasteiger charge is -2.10. The number of aromatic nitrogens is 4. The lowest BCUT2D eigenvalue weighted by Crippen LogP contribution is -2.21. The smallest absolute Gasteiger partial charge is 0.223 e. The lowest BCUT2D eigenvalue weighted by molar-refractivity contribution is 0.414. The highest BCUT2D eigenvalue weighted by atomic mass is 16.5. The summed E-state index contributed by atoms with van der Waals surface area (Å²) in [6.07, 6.45) is 5.50. The highest BCUT2D eigenvalue weighted by Gasteiger charge is 2.07. The van der Waals surface area contributed by atoms with Gasteiger partial charge in [-0.25, -0.2) is 14.6 Å². The zero-order valence-electron chi connectivity index (χ0n) is 14.7. The van der Waals surface area contributed by atoms with Crippen molar-refractivity contribution in [2.75, 3.05) is 39.6 Å². The van der Waals surface area contributed by atoms with Crippen LogP contribution in [0.1, 0.15) is 0 Å². The zero-order valence-corrected chi connectivity index (χ0v) is 14.7. The molecule has 1 aromatic carbocycles. The van der Waals surface area contributed by atoms with E-state index in [2.05, 4.69) is 25.3 Å². The van der Waals surface area contributed by atoms with E-state index < -0.39 is 0 Å². The predicted octanol–water partition coefficient (Wildman–Crippen LogP) is 2.31. The number of likely N-dealkylation sites (N-methyl/N-ethyl adjacent to an activating group) is 1. The number of rotatable bonds is 7. The maximum atomic E-state index is 5.26. The molecule has 2 aromatic heterocycles. The molecule has 0 amide bonds. The van der Waals surface area contributed by atoms with Crippen molar-refractivity contribution in [2.45, 2.75) is 0 Å². The molecule has 0 saturated heterocycles. The Balaban J connectivity index is 1.77. The van der Waals surface area contributed by atoms with Crippen molar-refractivity contribution in [1.29, 1.82) is 0 Å². The van der Waals surface area contributed by atoms with E-state index in [1.165, 1.54) is 0 Å². The number of ether oxygens (including phenoxy) is 1. The fourth-order valence-electron chi connectivity index (χ4n) is 2.35. The van der Waals surface area contributed by atoms with Gasteiger partial charge in [0, 0.05) is 37.1 Å². The van der Waals surface area contributed by atoms with Crippen molar-refractivity contribution in [2.24, 2.45) is 0 Å². The van der Waals surface area contributed by atoms with Gasteiger partial charge in [-0.2, -0.15) is 5.10 Å². The van der Waals surface area contributed by atoms with Crippen LogP contribution >= 0.6 is 0 Å². The summed E-state index contributed by atoms with van der Waals surface area (Å²) in [5.41, 5.74) is 2.70. The molecular formula is C18H22N6O. The minimum Gasteiger partial charge on any atom is -0.497 e. The van der Waals surface area contributed by atoms with E-state index >= 15 is 0 Å². The first-order valence-corrected chi connectivity index (χ1v) is 8.07. The number of hydrogen-bond acceptors (Lipinski definition) is 6. The summed E-state index contributed by atoms with van der Waals surface area (Å²) in [7, 11) is 5.72. The van der Waals surface area contributed by atoms with E-state index in [0.717, 1.165) is 35.8 Å². The van der Waals surface area contributed by atoms with E-state index in [4.69, 9.17) is 4.74 Å². The normalized spacial score (nSPS) is 10.9. The summed E-state index contributed by atoms with van der Waals surface area (Å²) in [5, 5.41) is 7.66. The summed E-state index contributed by atoms with van der Waals surface area (Å²) < 4.78 is 7.07. The third-order valence-electron chi connectivity index (χ3n) is 3.69. The number of nitrogens with one attached hydrogen (secondary N) is 1. The monoisotopic (exact) mass is 338 g/mol. The van der Waals surface area contributed by atoms with Gasteiger partial charge in [0.05, 0.1) is 24.7 Å². The van der Waals surface area contributed by atoms with E-state index in [1.807, 2.05) is 50.6 Å². The SMILES string of the molecule is COc1cccc(-n2cc(-c3ccnc(NCCN(C)C)n3)cn2)c1. The third-order valence-corrected chi connectivity index (χ3v) is 3.69. The van der Waals surface area contributed by atoms with Gasteiger partial charge in [-0.05, 0) is 32.3 Å². The summed E-state index contributed by atoms with van der Waals surface area (Å²) in [6, 6.07) is 9.64. The average Bonchev–Trinajstić information content (AvgIpc) is 3.12. The zero-order chi connectivity index (χ0) is 17.6. The Kier molecular flexibility index (Phi) is 5.25. The Hall–Kier alpha value is -2.93. The van der Waals surface area contributed by atoms with Gasteiger partial charge in [-0.3, -0.25) is 0 Å². The second-order valence-corrected chi connectivity index (χ2v) is 5.87. The van der Waals surface area contributed by atoms with Crippen LogP contribution in [-0.2, 0) is 0 Å². The number of benzene rings is 1. The second kappa shape index (κ2) is 7.76. The highest BCUT2D eigenvalue weighted by molar-refractivity contribution is 5.59. The largest absolute Gasteiger partial charge is 0.497 e. The van der Waals surface area contributed by atoms with Crippen molar-refractivity contribution in [3.05, 3.63) is 48.9 Å². The van der Waals surface area contributed by atoms with Crippen molar-refractivity contribution in [3.8, 4) is 22.7 Å². The van der Waals surface area contributed by atoms with E-state index in [9.17, 15) is 0 Å². The molecule has 0 radical (unpaired) electrons. The molecule has 0 aliphatic carbocycles. The van der Waals surface area contributed by atoms with Gasteiger partial charge in [0.2, 0.25) is 5.95 Å². The van der Waals surface area contributed by atoms with E-state index in [0.29, 0.717) is 5.95 Å². The van der Waals surface area contributed by atoms with Crippen LogP contribution in [0.5, 0.6) is 5.75 Å². The molecular weight excluding hydrogens is 316 g/mol. The van der Waals surface area contributed by atoms with Crippen LogP contribution in [0.25, 0.3) is 16.9 Å². The molecule has 2 heterocycles. The Morgan fingerprint density at radius 3 is 2.92 bits per heavy atom. The fraction of sp³-hybridized carbons (Fsp3) is 0.278. The molecule has 1 N–H and O–H groups in total. The van der Waals surface area contributed by atoms with Gasteiger partial charge >= 0.3 is 0 Å². The van der Waals surface area contributed by atoms with E-state index in [-0.39, 0.29) is 0 Å². The summed E-state index contributed by atoms with van der Waals surface area (Å²) in [6.45, 7) is 1.71. The van der Waals surface area contributed by atoms with Crippen LogP contribution in [0.2, 0.25) is 0 Å². The molecule has 0 aliphatic heterocycles. The first kappa shape index (κ1) is 16.9. The van der Waals surface area contributed by atoms with Crippen LogP contribution in [0.15, 0.2) is 48.9 Å². The number of anilines is 1. The predicted molar refractivity (Wildman–Crippen MR) is 98.2 cm³/mol. The fourth-order valence-corrected chi connectivity index (χ4v) is 2.35. The number of nitrogens with zero attached hydrogens (tertiary/aromatic N) is 5. The molecule has 0 saturated carbocycles. The minimum absolute atomic E-state index is 0.619. The molecule has 25 heavy (non-hydrogen) atoms. The number of methoxy groups -OCH3 is 1.